The lowest BCUT2D eigenvalue weighted by Gasteiger charge is -2.05. The molecule has 0 amide bonds. The van der Waals surface area contributed by atoms with Crippen LogP contribution in [0.25, 0.3) is 0 Å². The van der Waals surface area contributed by atoms with Crippen molar-refractivity contribution in [2.45, 2.75) is 68.7 Å². The molecule has 0 radical (unpaired) electrons. The summed E-state index contributed by atoms with van der Waals surface area (Å²) in [6.45, 7) is 19.4. The molecule has 0 bridgehead atoms. The highest BCUT2D eigenvalue weighted by atomic mass is 14.8. The van der Waals surface area contributed by atoms with Gasteiger partial charge in [0, 0.05) is 0 Å². The predicted molar refractivity (Wildman–Crippen MR) is 85.8 cm³/mol. The maximum absolute atomic E-state index is 3.14. The van der Waals surface area contributed by atoms with Gasteiger partial charge >= 0.3 is 0 Å². The van der Waals surface area contributed by atoms with Crippen molar-refractivity contribution in [3.63, 3.8) is 0 Å². The van der Waals surface area contributed by atoms with Crippen LogP contribution in [-0.4, -0.2) is 13.6 Å². The summed E-state index contributed by atoms with van der Waals surface area (Å²) < 4.78 is 0. The van der Waals surface area contributed by atoms with Crippen LogP contribution in [-0.2, 0) is 0 Å². The highest BCUT2D eigenvalue weighted by molar-refractivity contribution is 5.27. The predicted octanol–water partition coefficient (Wildman–Crippen LogP) is 5.59. The van der Waals surface area contributed by atoms with Gasteiger partial charge in [-0.2, -0.15) is 0 Å². The number of hydrogen-bond acceptors (Lipinski definition) is 1. The van der Waals surface area contributed by atoms with Crippen molar-refractivity contribution in [1.82, 2.24) is 5.32 Å². The monoisotopic (exact) mass is 243 g/mol. The minimum absolute atomic E-state index is 1.06. The SMILES string of the molecule is C/C=C(C)/C(=C/C)CCNC.CC.CC.CC. The van der Waals surface area contributed by atoms with Crippen molar-refractivity contribution in [2.75, 3.05) is 13.6 Å². The van der Waals surface area contributed by atoms with Crippen LogP contribution in [0.3, 0.4) is 0 Å². The van der Waals surface area contributed by atoms with Gasteiger partial charge in [-0.15, -0.1) is 0 Å². The van der Waals surface area contributed by atoms with Gasteiger partial charge in [-0.25, -0.2) is 0 Å². The van der Waals surface area contributed by atoms with Crippen LogP contribution < -0.4 is 5.32 Å². The van der Waals surface area contributed by atoms with Crippen LogP contribution in [0.15, 0.2) is 23.3 Å². The largest absolute Gasteiger partial charge is 0.319 e. The maximum atomic E-state index is 3.14. The van der Waals surface area contributed by atoms with E-state index in [4.69, 9.17) is 0 Å². The summed E-state index contributed by atoms with van der Waals surface area (Å²) >= 11 is 0. The van der Waals surface area contributed by atoms with E-state index in [1.807, 2.05) is 48.6 Å². The maximum Gasteiger partial charge on any atom is -0.00114 e. The van der Waals surface area contributed by atoms with Gasteiger partial charge in [0.2, 0.25) is 0 Å². The highest BCUT2D eigenvalue weighted by Crippen LogP contribution is 2.11. The Labute approximate surface area is 111 Å². The fraction of sp³-hybridized carbons (Fsp3) is 0.750. The Hall–Kier alpha value is -0.560. The van der Waals surface area contributed by atoms with Crippen LogP contribution in [0.1, 0.15) is 68.7 Å². The Bertz CT molecular complexity index is 155. The van der Waals surface area contributed by atoms with Gasteiger partial charge in [-0.1, -0.05) is 59.3 Å². The number of nitrogens with one attached hydrogen (secondary N) is 1. The van der Waals surface area contributed by atoms with Gasteiger partial charge in [0.15, 0.2) is 0 Å². The molecule has 0 spiro atoms. The Kier molecular flexibility index (Phi) is 44.0. The molecular weight excluding hydrogens is 206 g/mol. The summed E-state index contributed by atoms with van der Waals surface area (Å²) in [5, 5.41) is 3.14. The van der Waals surface area contributed by atoms with Crippen molar-refractivity contribution in [3.8, 4) is 0 Å². The van der Waals surface area contributed by atoms with Crippen molar-refractivity contribution < 1.29 is 0 Å². The summed E-state index contributed by atoms with van der Waals surface area (Å²) in [4.78, 5) is 0. The standard InChI is InChI=1S/C10H19N.3C2H6/c1-5-9(3)10(6-2)7-8-11-4;3*1-2/h5-6,11H,7-8H2,1-4H3;3*1-2H3/b9-5+,10-6+;;;. The third-order valence-corrected chi connectivity index (χ3v) is 1.93. The first kappa shape index (κ1) is 25.3. The van der Waals surface area contributed by atoms with E-state index in [9.17, 15) is 0 Å². The minimum atomic E-state index is 1.06. The first-order valence-corrected chi connectivity index (χ1v) is 7.19. The normalized spacial score (nSPS) is 10.0. The fourth-order valence-electron chi connectivity index (χ4n) is 1.01. The van der Waals surface area contributed by atoms with Crippen LogP contribution in [0, 0.1) is 0 Å². The van der Waals surface area contributed by atoms with Crippen molar-refractivity contribution >= 4 is 0 Å². The third-order valence-electron chi connectivity index (χ3n) is 1.93. The molecule has 0 saturated carbocycles. The molecule has 0 heterocycles. The quantitative estimate of drug-likeness (QED) is 0.635. The molecule has 1 heteroatoms. The molecule has 1 N–H and O–H groups in total. The van der Waals surface area contributed by atoms with Gasteiger partial charge in [0.05, 0.1) is 0 Å². The second-order valence-electron chi connectivity index (χ2n) is 2.64. The molecule has 106 valence electrons. The average Bonchev–Trinajstić information content (AvgIpc) is 2.45. The molecule has 17 heavy (non-hydrogen) atoms. The third kappa shape index (κ3) is 21.3. The molecule has 0 aliphatic heterocycles. The minimum Gasteiger partial charge on any atom is -0.319 e. The van der Waals surface area contributed by atoms with E-state index < -0.39 is 0 Å². The van der Waals surface area contributed by atoms with Crippen LogP contribution in [0.5, 0.6) is 0 Å². The second-order valence-corrected chi connectivity index (χ2v) is 2.64. The van der Waals surface area contributed by atoms with E-state index in [0.29, 0.717) is 0 Å². The fourth-order valence-corrected chi connectivity index (χ4v) is 1.01. The van der Waals surface area contributed by atoms with Crippen molar-refractivity contribution in [3.05, 3.63) is 23.3 Å². The van der Waals surface area contributed by atoms with Crippen molar-refractivity contribution in [2.24, 2.45) is 0 Å². The van der Waals surface area contributed by atoms with Crippen LogP contribution in [0.2, 0.25) is 0 Å². The zero-order chi connectivity index (χ0) is 14.7. The molecule has 0 unspecified atom stereocenters. The lowest BCUT2D eigenvalue weighted by atomic mass is 10.0. The molecule has 0 aromatic heterocycles. The Balaban J connectivity index is -0.000000121. The zero-order valence-electron chi connectivity index (χ0n) is 14.1. The first-order valence-electron chi connectivity index (χ1n) is 7.19. The smallest absolute Gasteiger partial charge is 0.00114 e. The van der Waals surface area contributed by atoms with Gasteiger partial charge in [-0.3, -0.25) is 0 Å². The molecule has 0 saturated heterocycles. The second kappa shape index (κ2) is 29.5. The van der Waals surface area contributed by atoms with E-state index in [1.165, 1.54) is 11.1 Å². The number of rotatable bonds is 4. The molecule has 1 nitrogen and oxygen atoms in total. The van der Waals surface area contributed by atoms with Gasteiger partial charge in [0.1, 0.15) is 0 Å². The van der Waals surface area contributed by atoms with Gasteiger partial charge in [-0.05, 0) is 46.4 Å². The average molecular weight is 243 g/mol. The van der Waals surface area contributed by atoms with E-state index in [0.717, 1.165) is 13.0 Å². The van der Waals surface area contributed by atoms with Crippen LogP contribution >= 0.6 is 0 Å². The van der Waals surface area contributed by atoms with E-state index in [-0.39, 0.29) is 0 Å². The number of hydrogen-bond donors (Lipinski definition) is 1. The Morgan fingerprint density at radius 3 is 1.53 bits per heavy atom. The van der Waals surface area contributed by atoms with E-state index in [2.05, 4.69) is 38.2 Å². The summed E-state index contributed by atoms with van der Waals surface area (Å²) in [7, 11) is 1.98. The molecule has 0 rings (SSSR count). The molecule has 0 aromatic rings. The first-order chi connectivity index (χ1) is 8.26. The van der Waals surface area contributed by atoms with Crippen LogP contribution in [0.4, 0.5) is 0 Å². The molecular formula is C16H37N. The lowest BCUT2D eigenvalue weighted by Crippen LogP contribution is -2.08. The summed E-state index contributed by atoms with van der Waals surface area (Å²) in [6, 6.07) is 0. The number of allylic oxidation sites excluding steroid dienone is 3. The van der Waals surface area contributed by atoms with Gasteiger partial charge < -0.3 is 5.32 Å². The molecule has 0 fully saturated rings. The Morgan fingerprint density at radius 2 is 1.29 bits per heavy atom. The summed E-state index contributed by atoms with van der Waals surface area (Å²) in [6.07, 6.45) is 5.47. The summed E-state index contributed by atoms with van der Waals surface area (Å²) in [5.74, 6) is 0. The Morgan fingerprint density at radius 1 is 0.882 bits per heavy atom. The van der Waals surface area contributed by atoms with E-state index >= 15 is 0 Å². The molecule has 0 aliphatic carbocycles. The molecule has 0 atom stereocenters. The topological polar surface area (TPSA) is 12.0 Å². The van der Waals surface area contributed by atoms with Gasteiger partial charge in [0.25, 0.3) is 0 Å². The zero-order valence-corrected chi connectivity index (χ0v) is 14.1. The molecule has 0 aromatic carbocycles. The summed E-state index contributed by atoms with van der Waals surface area (Å²) in [5.41, 5.74) is 2.84. The highest BCUT2D eigenvalue weighted by Gasteiger charge is 1.95. The van der Waals surface area contributed by atoms with E-state index in [1.54, 1.807) is 0 Å². The molecule has 0 aliphatic rings. The lowest BCUT2D eigenvalue weighted by molar-refractivity contribution is 0.787. The van der Waals surface area contributed by atoms with Crippen molar-refractivity contribution in [1.29, 1.82) is 0 Å².